The van der Waals surface area contributed by atoms with Crippen molar-refractivity contribution < 1.29 is 0 Å². The number of nitrogens with zero attached hydrogens (tertiary/aromatic N) is 2. The Morgan fingerprint density at radius 2 is 1.95 bits per heavy atom. The second-order valence-corrected chi connectivity index (χ2v) is 6.37. The fraction of sp³-hybridized carbons (Fsp3) is 0.526. The molecule has 3 heteroatoms. The molecule has 2 heterocycles. The van der Waals surface area contributed by atoms with E-state index in [1.165, 1.54) is 38.9 Å². The van der Waals surface area contributed by atoms with Gasteiger partial charge in [-0.1, -0.05) is 13.8 Å². The minimum Gasteiger partial charge on any atom is -0.313 e. The molecular formula is C19H27N3. The molecular weight excluding hydrogens is 270 g/mol. The molecule has 0 amide bonds. The number of likely N-dealkylation sites (N-methyl/N-ethyl adjacent to an activating group) is 1. The maximum absolute atomic E-state index is 5.00. The number of hydrogen-bond donors (Lipinski definition) is 1. The van der Waals surface area contributed by atoms with Crippen LogP contribution in [0, 0.1) is 13.8 Å². The number of aryl methyl sites for hydroxylation is 2. The minimum absolute atomic E-state index is 0.942. The van der Waals surface area contributed by atoms with Crippen molar-refractivity contribution >= 4 is 10.9 Å². The number of benzene rings is 1. The van der Waals surface area contributed by atoms with Gasteiger partial charge >= 0.3 is 0 Å². The second kappa shape index (κ2) is 6.35. The van der Waals surface area contributed by atoms with Crippen LogP contribution in [0.2, 0.25) is 0 Å². The topological polar surface area (TPSA) is 28.2 Å². The first-order chi connectivity index (χ1) is 10.6. The van der Waals surface area contributed by atoms with Gasteiger partial charge in [0.05, 0.1) is 5.52 Å². The van der Waals surface area contributed by atoms with Gasteiger partial charge in [-0.3, -0.25) is 9.88 Å². The van der Waals surface area contributed by atoms with E-state index in [4.69, 9.17) is 4.98 Å². The lowest BCUT2D eigenvalue weighted by atomic mass is 9.94. The molecule has 1 N–H and O–H groups in total. The normalized spacial score (nSPS) is 15.3. The van der Waals surface area contributed by atoms with Gasteiger partial charge in [-0.2, -0.15) is 0 Å². The van der Waals surface area contributed by atoms with Gasteiger partial charge < -0.3 is 5.32 Å². The smallest absolute Gasteiger partial charge is 0.0711 e. The Balaban J connectivity index is 2.19. The van der Waals surface area contributed by atoms with Gasteiger partial charge in [0.25, 0.3) is 0 Å². The first-order valence-electron chi connectivity index (χ1n) is 8.48. The lowest BCUT2D eigenvalue weighted by Crippen LogP contribution is -2.32. The maximum Gasteiger partial charge on any atom is 0.0711 e. The predicted octanol–water partition coefficient (Wildman–Crippen LogP) is 3.34. The van der Waals surface area contributed by atoms with E-state index in [9.17, 15) is 0 Å². The molecule has 1 aliphatic rings. The van der Waals surface area contributed by atoms with Crippen LogP contribution in [0.15, 0.2) is 12.1 Å². The predicted molar refractivity (Wildman–Crippen MR) is 93.3 cm³/mol. The number of aromatic nitrogens is 1. The van der Waals surface area contributed by atoms with Crippen molar-refractivity contribution in [2.24, 2.45) is 0 Å². The van der Waals surface area contributed by atoms with Gasteiger partial charge in [-0.25, -0.2) is 0 Å². The Morgan fingerprint density at radius 1 is 1.18 bits per heavy atom. The summed E-state index contributed by atoms with van der Waals surface area (Å²) in [6, 6.07) is 4.59. The van der Waals surface area contributed by atoms with Crippen LogP contribution in [0.25, 0.3) is 10.9 Å². The van der Waals surface area contributed by atoms with Crippen molar-refractivity contribution in [2.75, 3.05) is 19.6 Å². The summed E-state index contributed by atoms with van der Waals surface area (Å²) in [7, 11) is 0. The summed E-state index contributed by atoms with van der Waals surface area (Å²) in [6.07, 6.45) is 1.07. The number of rotatable bonds is 4. The van der Waals surface area contributed by atoms with Crippen molar-refractivity contribution in [1.29, 1.82) is 0 Å². The fourth-order valence-corrected chi connectivity index (χ4v) is 3.37. The summed E-state index contributed by atoms with van der Waals surface area (Å²) in [5, 5.41) is 4.86. The van der Waals surface area contributed by atoms with E-state index >= 15 is 0 Å². The zero-order chi connectivity index (χ0) is 15.7. The van der Waals surface area contributed by atoms with Crippen LogP contribution in [-0.4, -0.2) is 29.5 Å². The van der Waals surface area contributed by atoms with Gasteiger partial charge in [0.1, 0.15) is 0 Å². The zero-order valence-electron chi connectivity index (χ0n) is 14.3. The van der Waals surface area contributed by atoms with Crippen LogP contribution in [0.5, 0.6) is 0 Å². The third-order valence-corrected chi connectivity index (χ3v) is 4.95. The Bertz CT molecular complexity index is 691. The number of fused-ring (bicyclic) bond motifs is 2. The summed E-state index contributed by atoms with van der Waals surface area (Å²) in [4.78, 5) is 7.52. The molecule has 22 heavy (non-hydrogen) atoms. The molecule has 0 fully saturated rings. The van der Waals surface area contributed by atoms with Gasteiger partial charge in [-0.05, 0) is 61.3 Å². The minimum atomic E-state index is 0.942. The summed E-state index contributed by atoms with van der Waals surface area (Å²) < 4.78 is 0. The van der Waals surface area contributed by atoms with E-state index in [-0.39, 0.29) is 0 Å². The van der Waals surface area contributed by atoms with Crippen LogP contribution in [0.4, 0.5) is 0 Å². The number of nitrogens with one attached hydrogen (secondary N) is 1. The Hall–Kier alpha value is -1.45. The Morgan fingerprint density at radius 3 is 2.68 bits per heavy atom. The van der Waals surface area contributed by atoms with E-state index < -0.39 is 0 Å². The van der Waals surface area contributed by atoms with E-state index in [1.807, 2.05) is 0 Å². The van der Waals surface area contributed by atoms with Crippen LogP contribution >= 0.6 is 0 Å². The molecule has 1 aromatic carbocycles. The standard InChI is InChI=1S/C19H27N3/c1-5-20-11-16-15-9-13(3)14(4)10-19(15)21-18-7-8-22(6-2)12-17(16)18/h9-10,20H,5-8,11-12H2,1-4H3. The van der Waals surface area contributed by atoms with E-state index in [2.05, 4.69) is 50.0 Å². The molecule has 3 nitrogen and oxygen atoms in total. The first-order valence-corrected chi connectivity index (χ1v) is 8.48. The highest BCUT2D eigenvalue weighted by molar-refractivity contribution is 5.85. The number of pyridine rings is 1. The van der Waals surface area contributed by atoms with Crippen molar-refractivity contribution in [2.45, 2.75) is 47.2 Å². The summed E-state index contributed by atoms with van der Waals surface area (Å²) >= 11 is 0. The Kier molecular flexibility index (Phi) is 4.46. The molecule has 1 aliphatic heterocycles. The highest BCUT2D eigenvalue weighted by Crippen LogP contribution is 2.29. The molecule has 2 aromatic rings. The van der Waals surface area contributed by atoms with Gasteiger partial charge in [0.15, 0.2) is 0 Å². The molecule has 0 bridgehead atoms. The third kappa shape index (κ3) is 2.75. The van der Waals surface area contributed by atoms with Crippen molar-refractivity contribution in [3.05, 3.63) is 40.1 Å². The molecule has 0 spiro atoms. The fourth-order valence-electron chi connectivity index (χ4n) is 3.37. The maximum atomic E-state index is 5.00. The largest absolute Gasteiger partial charge is 0.313 e. The SMILES string of the molecule is CCNCc1c2c(nc3cc(C)c(C)cc13)CCN(CC)C2. The molecule has 3 rings (SSSR count). The van der Waals surface area contributed by atoms with Crippen molar-refractivity contribution in [3.8, 4) is 0 Å². The zero-order valence-corrected chi connectivity index (χ0v) is 14.3. The molecule has 0 unspecified atom stereocenters. The highest BCUT2D eigenvalue weighted by Gasteiger charge is 2.21. The van der Waals surface area contributed by atoms with E-state index in [0.29, 0.717) is 0 Å². The molecule has 0 saturated carbocycles. The van der Waals surface area contributed by atoms with Crippen molar-refractivity contribution in [3.63, 3.8) is 0 Å². The average molecular weight is 297 g/mol. The molecule has 0 aliphatic carbocycles. The Labute approximate surface area is 133 Å². The van der Waals surface area contributed by atoms with Gasteiger partial charge in [0, 0.05) is 37.1 Å². The highest BCUT2D eigenvalue weighted by atomic mass is 15.1. The van der Waals surface area contributed by atoms with E-state index in [1.54, 1.807) is 0 Å². The molecule has 118 valence electrons. The molecule has 0 radical (unpaired) electrons. The molecule has 1 aromatic heterocycles. The van der Waals surface area contributed by atoms with Crippen molar-refractivity contribution in [1.82, 2.24) is 15.2 Å². The number of hydrogen-bond acceptors (Lipinski definition) is 3. The second-order valence-electron chi connectivity index (χ2n) is 6.37. The van der Waals surface area contributed by atoms with Crippen LogP contribution in [-0.2, 0) is 19.5 Å². The summed E-state index contributed by atoms with van der Waals surface area (Å²) in [6.45, 7) is 14.0. The van der Waals surface area contributed by atoms with Crippen LogP contribution < -0.4 is 5.32 Å². The quantitative estimate of drug-likeness (QED) is 0.938. The van der Waals surface area contributed by atoms with Gasteiger partial charge in [-0.15, -0.1) is 0 Å². The molecule has 0 saturated heterocycles. The summed E-state index contributed by atoms with van der Waals surface area (Å²) in [5.41, 5.74) is 8.09. The van der Waals surface area contributed by atoms with Gasteiger partial charge in [0.2, 0.25) is 0 Å². The van der Waals surface area contributed by atoms with Crippen LogP contribution in [0.1, 0.15) is 41.8 Å². The first kappa shape index (κ1) is 15.4. The summed E-state index contributed by atoms with van der Waals surface area (Å²) in [5.74, 6) is 0. The average Bonchev–Trinajstić information content (AvgIpc) is 2.52. The van der Waals surface area contributed by atoms with E-state index in [0.717, 1.165) is 39.1 Å². The molecule has 0 atom stereocenters. The lowest BCUT2D eigenvalue weighted by molar-refractivity contribution is 0.265. The van der Waals surface area contributed by atoms with Crippen LogP contribution in [0.3, 0.4) is 0 Å². The monoisotopic (exact) mass is 297 g/mol. The third-order valence-electron chi connectivity index (χ3n) is 4.95. The lowest BCUT2D eigenvalue weighted by Gasteiger charge is -2.29.